The Labute approximate surface area is 107 Å². The Bertz CT molecular complexity index is 418. The van der Waals surface area contributed by atoms with E-state index in [2.05, 4.69) is 16.0 Å². The van der Waals surface area contributed by atoms with Gasteiger partial charge in [-0.25, -0.2) is 0 Å². The van der Waals surface area contributed by atoms with Crippen LogP contribution in [0.3, 0.4) is 0 Å². The predicted octanol–water partition coefficient (Wildman–Crippen LogP) is 1.58. The maximum Gasteiger partial charge on any atom is 0.239 e. The molecule has 5 nitrogen and oxygen atoms in total. The van der Waals surface area contributed by atoms with Gasteiger partial charge in [0.15, 0.2) is 0 Å². The van der Waals surface area contributed by atoms with E-state index >= 15 is 0 Å². The molecule has 0 unspecified atom stereocenters. The third-order valence-corrected chi connectivity index (χ3v) is 2.21. The first-order valence-electron chi connectivity index (χ1n) is 6.00. The van der Waals surface area contributed by atoms with Crippen LogP contribution in [-0.2, 0) is 9.59 Å². The van der Waals surface area contributed by atoms with Crippen molar-refractivity contribution in [3.63, 3.8) is 0 Å². The van der Waals surface area contributed by atoms with E-state index in [-0.39, 0.29) is 18.4 Å². The molecule has 0 atom stereocenters. The minimum absolute atomic E-state index is 0.0400. The van der Waals surface area contributed by atoms with Gasteiger partial charge in [-0.1, -0.05) is 13.0 Å². The van der Waals surface area contributed by atoms with Gasteiger partial charge in [0.1, 0.15) is 0 Å². The van der Waals surface area contributed by atoms with E-state index in [1.807, 2.05) is 19.1 Å². The number of rotatable bonds is 6. The SMILES string of the molecule is CCCNC(=O)CNc1cccc(NC(C)=O)c1. The van der Waals surface area contributed by atoms with Crippen LogP contribution >= 0.6 is 0 Å². The van der Waals surface area contributed by atoms with Crippen LogP contribution in [-0.4, -0.2) is 24.9 Å². The fraction of sp³-hybridized carbons (Fsp3) is 0.385. The van der Waals surface area contributed by atoms with E-state index in [1.165, 1.54) is 6.92 Å². The van der Waals surface area contributed by atoms with Crippen molar-refractivity contribution >= 4 is 23.2 Å². The number of anilines is 2. The first kappa shape index (κ1) is 14.0. The van der Waals surface area contributed by atoms with Gasteiger partial charge in [0.05, 0.1) is 6.54 Å². The second kappa shape index (κ2) is 7.32. The molecule has 0 spiro atoms. The van der Waals surface area contributed by atoms with Crippen molar-refractivity contribution in [2.45, 2.75) is 20.3 Å². The summed E-state index contributed by atoms with van der Waals surface area (Å²) < 4.78 is 0. The summed E-state index contributed by atoms with van der Waals surface area (Å²) in [5.41, 5.74) is 1.51. The van der Waals surface area contributed by atoms with E-state index in [1.54, 1.807) is 12.1 Å². The fourth-order valence-corrected chi connectivity index (χ4v) is 1.42. The summed E-state index contributed by atoms with van der Waals surface area (Å²) in [6.07, 6.45) is 0.920. The van der Waals surface area contributed by atoms with Gasteiger partial charge < -0.3 is 16.0 Å². The molecule has 3 N–H and O–H groups in total. The number of benzene rings is 1. The molecule has 98 valence electrons. The zero-order valence-electron chi connectivity index (χ0n) is 10.7. The molecule has 0 aliphatic heterocycles. The summed E-state index contributed by atoms with van der Waals surface area (Å²) >= 11 is 0. The molecule has 2 amide bonds. The summed E-state index contributed by atoms with van der Waals surface area (Å²) in [5, 5.41) is 8.47. The maximum absolute atomic E-state index is 11.4. The monoisotopic (exact) mass is 249 g/mol. The maximum atomic E-state index is 11.4. The third-order valence-electron chi connectivity index (χ3n) is 2.21. The number of hydrogen-bond donors (Lipinski definition) is 3. The van der Waals surface area contributed by atoms with Gasteiger partial charge in [-0.05, 0) is 24.6 Å². The topological polar surface area (TPSA) is 70.2 Å². The molecular weight excluding hydrogens is 230 g/mol. The van der Waals surface area contributed by atoms with Crippen LogP contribution < -0.4 is 16.0 Å². The second-order valence-corrected chi connectivity index (χ2v) is 3.97. The Morgan fingerprint density at radius 3 is 2.61 bits per heavy atom. The molecule has 1 rings (SSSR count). The first-order valence-corrected chi connectivity index (χ1v) is 6.00. The van der Waals surface area contributed by atoms with Crippen molar-refractivity contribution in [3.05, 3.63) is 24.3 Å². The highest BCUT2D eigenvalue weighted by Crippen LogP contribution is 2.14. The van der Waals surface area contributed by atoms with Crippen LogP contribution in [0.2, 0.25) is 0 Å². The van der Waals surface area contributed by atoms with Crippen molar-refractivity contribution in [2.24, 2.45) is 0 Å². The number of carbonyl (C=O) groups excluding carboxylic acids is 2. The van der Waals surface area contributed by atoms with Crippen LogP contribution in [0.5, 0.6) is 0 Å². The molecule has 0 aromatic heterocycles. The molecular formula is C13H19N3O2. The van der Waals surface area contributed by atoms with E-state index in [4.69, 9.17) is 0 Å². The van der Waals surface area contributed by atoms with Crippen LogP contribution in [0.25, 0.3) is 0 Å². The lowest BCUT2D eigenvalue weighted by Gasteiger charge is -2.09. The van der Waals surface area contributed by atoms with Crippen molar-refractivity contribution < 1.29 is 9.59 Å². The normalized spacial score (nSPS) is 9.67. The zero-order chi connectivity index (χ0) is 13.4. The van der Waals surface area contributed by atoms with Gasteiger partial charge in [-0.15, -0.1) is 0 Å². The van der Waals surface area contributed by atoms with Gasteiger partial charge >= 0.3 is 0 Å². The number of amides is 2. The Balaban J connectivity index is 2.47. The molecule has 1 aromatic rings. The molecule has 0 aliphatic rings. The Kier molecular flexibility index (Phi) is 5.70. The molecule has 0 saturated carbocycles. The molecule has 0 bridgehead atoms. The van der Waals surface area contributed by atoms with Gasteiger partial charge in [0.25, 0.3) is 0 Å². The highest BCUT2D eigenvalue weighted by Gasteiger charge is 2.01. The van der Waals surface area contributed by atoms with Crippen molar-refractivity contribution in [1.82, 2.24) is 5.32 Å². The third kappa shape index (κ3) is 5.34. The summed E-state index contributed by atoms with van der Waals surface area (Å²) in [5.74, 6) is -0.158. The number of carbonyl (C=O) groups is 2. The predicted molar refractivity (Wildman–Crippen MR) is 72.5 cm³/mol. The van der Waals surface area contributed by atoms with Gasteiger partial charge in [0, 0.05) is 24.8 Å². The van der Waals surface area contributed by atoms with E-state index in [9.17, 15) is 9.59 Å². The Hall–Kier alpha value is -2.04. The molecule has 0 fully saturated rings. The lowest BCUT2D eigenvalue weighted by molar-refractivity contribution is -0.119. The summed E-state index contributed by atoms with van der Waals surface area (Å²) in [6.45, 7) is 4.37. The average Bonchev–Trinajstić information content (AvgIpc) is 2.33. The zero-order valence-corrected chi connectivity index (χ0v) is 10.7. The fourth-order valence-electron chi connectivity index (χ4n) is 1.42. The van der Waals surface area contributed by atoms with E-state index in [0.29, 0.717) is 12.2 Å². The molecule has 1 aromatic carbocycles. The smallest absolute Gasteiger partial charge is 0.239 e. The highest BCUT2D eigenvalue weighted by atomic mass is 16.2. The molecule has 0 radical (unpaired) electrons. The Morgan fingerprint density at radius 2 is 1.94 bits per heavy atom. The molecule has 0 saturated heterocycles. The number of hydrogen-bond acceptors (Lipinski definition) is 3. The van der Waals surface area contributed by atoms with Crippen LogP contribution in [0, 0.1) is 0 Å². The molecule has 0 aliphatic carbocycles. The number of nitrogens with one attached hydrogen (secondary N) is 3. The van der Waals surface area contributed by atoms with Crippen LogP contribution in [0.1, 0.15) is 20.3 Å². The first-order chi connectivity index (χ1) is 8.61. The minimum Gasteiger partial charge on any atom is -0.376 e. The van der Waals surface area contributed by atoms with Crippen LogP contribution in [0.15, 0.2) is 24.3 Å². The lowest BCUT2D eigenvalue weighted by atomic mass is 10.2. The molecule has 18 heavy (non-hydrogen) atoms. The lowest BCUT2D eigenvalue weighted by Crippen LogP contribution is -2.30. The quantitative estimate of drug-likeness (QED) is 0.717. The van der Waals surface area contributed by atoms with E-state index in [0.717, 1.165) is 12.1 Å². The summed E-state index contributed by atoms with van der Waals surface area (Å²) in [6, 6.07) is 7.24. The van der Waals surface area contributed by atoms with Gasteiger partial charge in [0.2, 0.25) is 11.8 Å². The molecule has 5 heteroatoms. The van der Waals surface area contributed by atoms with Crippen molar-refractivity contribution in [2.75, 3.05) is 23.7 Å². The van der Waals surface area contributed by atoms with E-state index < -0.39 is 0 Å². The highest BCUT2D eigenvalue weighted by molar-refractivity contribution is 5.89. The van der Waals surface area contributed by atoms with Crippen LogP contribution in [0.4, 0.5) is 11.4 Å². The van der Waals surface area contributed by atoms with Crippen molar-refractivity contribution in [3.8, 4) is 0 Å². The minimum atomic E-state index is -0.118. The van der Waals surface area contributed by atoms with Gasteiger partial charge in [-0.3, -0.25) is 9.59 Å². The standard InChI is InChI=1S/C13H19N3O2/c1-3-7-14-13(18)9-15-11-5-4-6-12(8-11)16-10(2)17/h4-6,8,15H,3,7,9H2,1-2H3,(H,14,18)(H,16,17). The summed E-state index contributed by atoms with van der Waals surface area (Å²) in [4.78, 5) is 22.3. The summed E-state index contributed by atoms with van der Waals surface area (Å²) in [7, 11) is 0. The second-order valence-electron chi connectivity index (χ2n) is 3.97. The largest absolute Gasteiger partial charge is 0.376 e. The van der Waals surface area contributed by atoms with Crippen molar-refractivity contribution in [1.29, 1.82) is 0 Å². The van der Waals surface area contributed by atoms with Gasteiger partial charge in [-0.2, -0.15) is 0 Å². The average molecular weight is 249 g/mol. The Morgan fingerprint density at radius 1 is 1.22 bits per heavy atom. The molecule has 0 heterocycles.